The van der Waals surface area contributed by atoms with Crippen LogP contribution in [-0.2, 0) is 4.79 Å². The van der Waals surface area contributed by atoms with Gasteiger partial charge in [0.05, 0.1) is 12.4 Å². The largest absolute Gasteiger partial charge is 0.497 e. The van der Waals surface area contributed by atoms with Crippen LogP contribution >= 0.6 is 11.8 Å². The van der Waals surface area contributed by atoms with Crippen LogP contribution in [0.2, 0.25) is 0 Å². The second-order valence-corrected chi connectivity index (χ2v) is 5.29. The number of carbonyl (C=O) groups excluding carboxylic acids is 1. The Balaban J connectivity index is 1.96. The number of hydrogen-bond acceptors (Lipinski definition) is 6. The Kier molecular flexibility index (Phi) is 4.46. The van der Waals surface area contributed by atoms with Crippen molar-refractivity contribution in [3.8, 4) is 5.75 Å². The van der Waals surface area contributed by atoms with Gasteiger partial charge in [0, 0.05) is 11.8 Å². The number of thioether (sulfide) groups is 1. The third-order valence-electron chi connectivity index (χ3n) is 2.47. The minimum absolute atomic E-state index is 0.147. The first-order chi connectivity index (χ1) is 9.58. The van der Waals surface area contributed by atoms with Crippen molar-refractivity contribution < 1.29 is 9.53 Å². The molecule has 0 saturated carbocycles. The molecule has 1 amide bonds. The maximum Gasteiger partial charge on any atom is 0.237 e. The van der Waals surface area contributed by atoms with E-state index in [1.54, 1.807) is 26.2 Å². The molecule has 0 radical (unpaired) electrons. The zero-order chi connectivity index (χ0) is 14.5. The molecule has 0 aliphatic rings. The van der Waals surface area contributed by atoms with Crippen LogP contribution in [0.25, 0.3) is 0 Å². The van der Waals surface area contributed by atoms with Crippen molar-refractivity contribution in [2.45, 2.75) is 17.3 Å². The summed E-state index contributed by atoms with van der Waals surface area (Å²) in [7, 11) is 1.58. The fourth-order valence-electron chi connectivity index (χ4n) is 1.47. The molecule has 4 N–H and O–H groups in total. The summed E-state index contributed by atoms with van der Waals surface area (Å²) in [5.41, 5.74) is 6.11. The number of rotatable bonds is 5. The van der Waals surface area contributed by atoms with E-state index in [2.05, 4.69) is 20.5 Å². The van der Waals surface area contributed by atoms with Crippen molar-refractivity contribution in [1.29, 1.82) is 0 Å². The predicted octanol–water partition coefficient (Wildman–Crippen LogP) is 1.51. The number of carbonyl (C=O) groups is 1. The molecule has 7 nitrogen and oxygen atoms in total. The number of nitrogen functional groups attached to an aromatic ring is 1. The van der Waals surface area contributed by atoms with E-state index in [1.165, 1.54) is 11.8 Å². The highest BCUT2D eigenvalue weighted by molar-refractivity contribution is 8.00. The molecule has 0 unspecified atom stereocenters. The van der Waals surface area contributed by atoms with Gasteiger partial charge in [-0.25, -0.2) is 5.10 Å². The number of H-pyrrole nitrogens is 1. The number of aromatic amines is 1. The average molecular weight is 293 g/mol. The minimum atomic E-state index is -0.351. The third-order valence-corrected chi connectivity index (χ3v) is 3.43. The summed E-state index contributed by atoms with van der Waals surface area (Å²) in [6.45, 7) is 1.77. The third kappa shape index (κ3) is 3.64. The van der Waals surface area contributed by atoms with Gasteiger partial charge in [-0.05, 0) is 19.1 Å². The van der Waals surface area contributed by atoms with Crippen LogP contribution in [0, 0.1) is 0 Å². The quantitative estimate of drug-likeness (QED) is 0.722. The number of methoxy groups -OCH3 is 1. The zero-order valence-electron chi connectivity index (χ0n) is 11.1. The van der Waals surface area contributed by atoms with Crippen molar-refractivity contribution in [1.82, 2.24) is 15.2 Å². The molecule has 0 bridgehead atoms. The van der Waals surface area contributed by atoms with Gasteiger partial charge in [-0.2, -0.15) is 4.98 Å². The molecule has 20 heavy (non-hydrogen) atoms. The Morgan fingerprint density at radius 1 is 1.55 bits per heavy atom. The standard InChI is InChI=1S/C12H15N5O2S/c1-7(20-12-15-11(13)16-17-12)10(18)14-8-4-3-5-9(6-8)19-2/h3-7H,1-2H3,(H,14,18)(H3,13,15,16,17)/t7-/m0/s1. The van der Waals surface area contributed by atoms with Gasteiger partial charge in [0.2, 0.25) is 17.0 Å². The molecule has 2 aromatic rings. The topological polar surface area (TPSA) is 106 Å². The van der Waals surface area contributed by atoms with Crippen molar-refractivity contribution >= 4 is 29.3 Å². The van der Waals surface area contributed by atoms with Crippen LogP contribution in [0.1, 0.15) is 6.92 Å². The van der Waals surface area contributed by atoms with E-state index < -0.39 is 0 Å². The molecule has 8 heteroatoms. The lowest BCUT2D eigenvalue weighted by atomic mass is 10.3. The molecule has 1 atom stereocenters. The number of hydrogen-bond donors (Lipinski definition) is 3. The van der Waals surface area contributed by atoms with Gasteiger partial charge in [-0.3, -0.25) is 4.79 Å². The van der Waals surface area contributed by atoms with Crippen LogP contribution in [0.15, 0.2) is 29.4 Å². The summed E-state index contributed by atoms with van der Waals surface area (Å²) in [6.07, 6.45) is 0. The first-order valence-corrected chi connectivity index (χ1v) is 6.76. The highest BCUT2D eigenvalue weighted by Crippen LogP contribution is 2.22. The van der Waals surface area contributed by atoms with Gasteiger partial charge >= 0.3 is 0 Å². The molecule has 1 aromatic heterocycles. The van der Waals surface area contributed by atoms with E-state index in [1.807, 2.05) is 12.1 Å². The first kappa shape index (κ1) is 14.2. The molecule has 1 heterocycles. The molecule has 0 saturated heterocycles. The number of amides is 1. The predicted molar refractivity (Wildman–Crippen MR) is 77.7 cm³/mol. The molecule has 0 spiro atoms. The Hall–Kier alpha value is -2.22. The van der Waals surface area contributed by atoms with Crippen molar-refractivity contribution in [3.05, 3.63) is 24.3 Å². The average Bonchev–Trinajstić information content (AvgIpc) is 2.84. The van der Waals surface area contributed by atoms with Crippen molar-refractivity contribution in [2.24, 2.45) is 0 Å². The van der Waals surface area contributed by atoms with Crippen molar-refractivity contribution in [3.63, 3.8) is 0 Å². The summed E-state index contributed by atoms with van der Waals surface area (Å²) in [4.78, 5) is 16.0. The lowest BCUT2D eigenvalue weighted by Gasteiger charge is -2.10. The zero-order valence-corrected chi connectivity index (χ0v) is 11.9. The maximum atomic E-state index is 12.1. The Labute approximate surface area is 120 Å². The molecular formula is C12H15N5O2S. The number of nitrogens with two attached hydrogens (primary N) is 1. The molecule has 1 aromatic carbocycles. The normalized spacial score (nSPS) is 11.9. The molecule has 0 aliphatic carbocycles. The van der Waals surface area contributed by atoms with Gasteiger partial charge in [0.15, 0.2) is 0 Å². The lowest BCUT2D eigenvalue weighted by Crippen LogP contribution is -2.22. The molecule has 0 fully saturated rings. The van der Waals surface area contributed by atoms with Crippen LogP contribution in [0.4, 0.5) is 11.6 Å². The molecular weight excluding hydrogens is 278 g/mol. The number of aromatic nitrogens is 3. The number of nitrogens with one attached hydrogen (secondary N) is 2. The van der Waals surface area contributed by atoms with Crippen LogP contribution < -0.4 is 15.8 Å². The second-order valence-electron chi connectivity index (χ2n) is 3.98. The fourth-order valence-corrected chi connectivity index (χ4v) is 2.20. The summed E-state index contributed by atoms with van der Waals surface area (Å²) in [6, 6.07) is 7.16. The number of ether oxygens (including phenoxy) is 1. The second kappa shape index (κ2) is 6.29. The lowest BCUT2D eigenvalue weighted by molar-refractivity contribution is -0.115. The Morgan fingerprint density at radius 3 is 3.00 bits per heavy atom. The Bertz CT molecular complexity index is 601. The summed E-state index contributed by atoms with van der Waals surface area (Å²) < 4.78 is 5.10. The van der Waals surface area contributed by atoms with Crippen LogP contribution in [0.5, 0.6) is 5.75 Å². The van der Waals surface area contributed by atoms with Gasteiger partial charge in [-0.1, -0.05) is 17.8 Å². The van der Waals surface area contributed by atoms with Gasteiger partial charge < -0.3 is 15.8 Å². The maximum absolute atomic E-state index is 12.1. The number of anilines is 2. The molecule has 106 valence electrons. The highest BCUT2D eigenvalue weighted by Gasteiger charge is 2.17. The van der Waals surface area contributed by atoms with Gasteiger partial charge in [-0.15, -0.1) is 5.10 Å². The van der Waals surface area contributed by atoms with E-state index in [0.29, 0.717) is 16.6 Å². The molecule has 0 aliphatic heterocycles. The SMILES string of the molecule is COc1cccc(NC(=O)[C@H](C)Sc2n[nH]c(N)n2)c1. The molecule has 2 rings (SSSR count). The summed E-state index contributed by atoms with van der Waals surface area (Å²) in [5.74, 6) is 0.768. The van der Waals surface area contributed by atoms with Crippen molar-refractivity contribution in [2.75, 3.05) is 18.2 Å². The van der Waals surface area contributed by atoms with E-state index in [4.69, 9.17) is 10.5 Å². The van der Waals surface area contributed by atoms with E-state index in [0.717, 1.165) is 0 Å². The highest BCUT2D eigenvalue weighted by atomic mass is 32.2. The van der Waals surface area contributed by atoms with Gasteiger partial charge in [0.1, 0.15) is 5.75 Å². The van der Waals surface area contributed by atoms with E-state index in [-0.39, 0.29) is 17.1 Å². The monoisotopic (exact) mass is 293 g/mol. The van der Waals surface area contributed by atoms with Crippen LogP contribution in [0.3, 0.4) is 0 Å². The smallest absolute Gasteiger partial charge is 0.237 e. The first-order valence-electron chi connectivity index (χ1n) is 5.88. The Morgan fingerprint density at radius 2 is 2.35 bits per heavy atom. The fraction of sp³-hybridized carbons (Fsp3) is 0.250. The summed E-state index contributed by atoms with van der Waals surface area (Å²) >= 11 is 1.22. The minimum Gasteiger partial charge on any atom is -0.497 e. The van der Waals surface area contributed by atoms with Gasteiger partial charge in [0.25, 0.3) is 0 Å². The van der Waals surface area contributed by atoms with Crippen LogP contribution in [-0.4, -0.2) is 33.4 Å². The number of nitrogens with zero attached hydrogens (tertiary/aromatic N) is 2. The summed E-state index contributed by atoms with van der Waals surface area (Å²) in [5, 5.41) is 9.30. The van der Waals surface area contributed by atoms with E-state index in [9.17, 15) is 4.79 Å². The van der Waals surface area contributed by atoms with E-state index >= 15 is 0 Å². The number of benzene rings is 1.